The minimum atomic E-state index is -0.366. The summed E-state index contributed by atoms with van der Waals surface area (Å²) in [6, 6.07) is 21.4. The van der Waals surface area contributed by atoms with Gasteiger partial charge >= 0.3 is 0 Å². The molecular weight excluding hydrogens is 985 g/mol. The number of fused-ring (bicyclic) bond motifs is 4. The van der Waals surface area contributed by atoms with Crippen LogP contribution in [0, 0.1) is 6.92 Å². The van der Waals surface area contributed by atoms with Crippen molar-refractivity contribution in [2.75, 3.05) is 108 Å². The lowest BCUT2D eigenvalue weighted by Gasteiger charge is -2.34. The number of amides is 4. The summed E-state index contributed by atoms with van der Waals surface area (Å²) in [7, 11) is 10.2. The Hall–Kier alpha value is -6.25. The van der Waals surface area contributed by atoms with Crippen molar-refractivity contribution < 1.29 is 52.3 Å². The van der Waals surface area contributed by atoms with Crippen LogP contribution in [0.5, 0.6) is 23.0 Å². The molecule has 7 rings (SSSR count). The van der Waals surface area contributed by atoms with Crippen LogP contribution in [0.15, 0.2) is 83.9 Å². The van der Waals surface area contributed by atoms with Crippen LogP contribution in [-0.4, -0.2) is 139 Å². The molecule has 19 heteroatoms. The molecule has 0 aliphatic carbocycles. The van der Waals surface area contributed by atoms with E-state index in [1.54, 1.807) is 55.0 Å². The summed E-state index contributed by atoms with van der Waals surface area (Å²) < 4.78 is 41.4. The molecule has 0 saturated heterocycles. The first-order valence-corrected chi connectivity index (χ1v) is 27.1. The Morgan fingerprint density at radius 2 is 1.51 bits per heavy atom. The molecule has 0 fully saturated rings. The molecular formula is C55H68N6O11S2. The third kappa shape index (κ3) is 14.7. The number of anilines is 3. The molecule has 1 atom stereocenters. The largest absolute Gasteiger partial charge is 0.493 e. The number of carbonyl (C=O) groups is 4. The number of imide groups is 1. The molecule has 3 heterocycles. The fourth-order valence-electron chi connectivity index (χ4n) is 8.77. The minimum absolute atomic E-state index is 0.125. The number of hydrogen-bond donors (Lipinski definition) is 2. The van der Waals surface area contributed by atoms with Gasteiger partial charge in [-0.25, -0.2) is 0 Å². The van der Waals surface area contributed by atoms with Crippen molar-refractivity contribution in [2.24, 2.45) is 4.99 Å². The molecule has 0 bridgehead atoms. The fourth-order valence-corrected chi connectivity index (χ4v) is 11.4. The van der Waals surface area contributed by atoms with Gasteiger partial charge in [-0.1, -0.05) is 39.8 Å². The lowest BCUT2D eigenvalue weighted by Crippen LogP contribution is -2.38. The van der Waals surface area contributed by atoms with Crippen LogP contribution in [0.1, 0.15) is 59.3 Å². The molecule has 3 aliphatic heterocycles. The van der Waals surface area contributed by atoms with Crippen molar-refractivity contribution in [2.45, 2.75) is 64.0 Å². The Morgan fingerprint density at radius 3 is 2.22 bits per heavy atom. The molecule has 2 N–H and O–H groups in total. The topological polar surface area (TPSA) is 179 Å². The van der Waals surface area contributed by atoms with Crippen LogP contribution in [0.3, 0.4) is 0 Å². The lowest BCUT2D eigenvalue weighted by molar-refractivity contribution is -0.137. The molecule has 396 valence electrons. The second kappa shape index (κ2) is 26.8. The van der Waals surface area contributed by atoms with E-state index in [2.05, 4.69) is 47.6 Å². The third-order valence-electron chi connectivity index (χ3n) is 12.5. The van der Waals surface area contributed by atoms with Gasteiger partial charge < -0.3 is 48.7 Å². The number of ether oxygens (including phenoxy) is 7. The summed E-state index contributed by atoms with van der Waals surface area (Å²) in [6.07, 6.45) is 5.99. The second-order valence-electron chi connectivity index (χ2n) is 18.4. The second-order valence-corrected chi connectivity index (χ2v) is 21.6. The molecule has 17 nitrogen and oxygen atoms in total. The molecule has 4 amide bonds. The number of aliphatic imine (C=N–C) groups is 1. The van der Waals surface area contributed by atoms with Gasteiger partial charge in [0.05, 0.1) is 64.5 Å². The van der Waals surface area contributed by atoms with Crippen molar-refractivity contribution in [3.8, 4) is 23.0 Å². The fraction of sp³-hybridized carbons (Fsp3) is 0.436. The van der Waals surface area contributed by atoms with Crippen molar-refractivity contribution in [1.29, 1.82) is 0 Å². The molecule has 74 heavy (non-hydrogen) atoms. The Kier molecular flexibility index (Phi) is 20.1. The van der Waals surface area contributed by atoms with E-state index in [9.17, 15) is 19.2 Å². The number of methoxy groups -OCH3 is 3. The number of nitrogens with one attached hydrogen (secondary N) is 2. The number of nitrogens with zero attached hydrogens (tertiary/aromatic N) is 4. The summed E-state index contributed by atoms with van der Waals surface area (Å²) in [5.74, 6) is 1.82. The van der Waals surface area contributed by atoms with Crippen LogP contribution in [0.2, 0.25) is 0 Å². The zero-order valence-electron chi connectivity index (χ0n) is 43.4. The Balaban J connectivity index is 1.09. The summed E-state index contributed by atoms with van der Waals surface area (Å²) >= 11 is 0. The van der Waals surface area contributed by atoms with E-state index in [4.69, 9.17) is 38.2 Å². The molecule has 4 aromatic rings. The van der Waals surface area contributed by atoms with Gasteiger partial charge in [-0.05, 0) is 85.8 Å². The van der Waals surface area contributed by atoms with Crippen LogP contribution >= 0.6 is 21.6 Å². The first-order chi connectivity index (χ1) is 35.8. The Labute approximate surface area is 442 Å². The van der Waals surface area contributed by atoms with Crippen molar-refractivity contribution in [1.82, 2.24) is 10.2 Å². The maximum Gasteiger partial charge on any atom is 0.261 e. The number of aryl methyl sites for hydroxylation is 1. The zero-order chi connectivity index (χ0) is 52.6. The summed E-state index contributed by atoms with van der Waals surface area (Å²) in [5.41, 5.74) is 7.58. The van der Waals surface area contributed by atoms with Gasteiger partial charge in [0.25, 0.3) is 17.7 Å². The average Bonchev–Trinajstić information content (AvgIpc) is 3.89. The first kappa shape index (κ1) is 55.5. The first-order valence-electron chi connectivity index (χ1n) is 24.7. The van der Waals surface area contributed by atoms with Crippen LogP contribution in [-0.2, 0) is 48.2 Å². The molecule has 0 saturated carbocycles. The Morgan fingerprint density at radius 1 is 0.838 bits per heavy atom. The third-order valence-corrected chi connectivity index (χ3v) is 15.8. The molecule has 4 aromatic carbocycles. The van der Waals surface area contributed by atoms with E-state index in [-0.39, 0.29) is 60.7 Å². The highest BCUT2D eigenvalue weighted by Gasteiger charge is 2.36. The molecule has 0 aromatic heterocycles. The highest BCUT2D eigenvalue weighted by atomic mass is 33.1. The van der Waals surface area contributed by atoms with Gasteiger partial charge in [-0.2, -0.15) is 0 Å². The minimum Gasteiger partial charge on any atom is -0.493 e. The normalized spacial score (nSPS) is 14.7. The van der Waals surface area contributed by atoms with E-state index < -0.39 is 0 Å². The quantitative estimate of drug-likeness (QED) is 0.0292. The van der Waals surface area contributed by atoms with E-state index in [0.717, 1.165) is 50.0 Å². The monoisotopic (exact) mass is 1050 g/mol. The van der Waals surface area contributed by atoms with E-state index in [0.29, 0.717) is 99.6 Å². The predicted molar refractivity (Wildman–Crippen MR) is 292 cm³/mol. The van der Waals surface area contributed by atoms with E-state index in [1.807, 2.05) is 61.5 Å². The maximum atomic E-state index is 14.2. The molecule has 0 radical (unpaired) electrons. The van der Waals surface area contributed by atoms with Gasteiger partial charge in [0.1, 0.15) is 13.2 Å². The number of carbonyl (C=O) groups excluding carboxylic acids is 4. The van der Waals surface area contributed by atoms with E-state index >= 15 is 0 Å². The van der Waals surface area contributed by atoms with Crippen LogP contribution in [0.4, 0.5) is 22.7 Å². The summed E-state index contributed by atoms with van der Waals surface area (Å²) in [6.45, 7) is 10.6. The van der Waals surface area contributed by atoms with Crippen LogP contribution < -0.4 is 39.4 Å². The predicted octanol–water partition coefficient (Wildman–Crippen LogP) is 7.97. The smallest absolute Gasteiger partial charge is 0.261 e. The van der Waals surface area contributed by atoms with E-state index in [1.165, 1.54) is 12.2 Å². The van der Waals surface area contributed by atoms with Crippen molar-refractivity contribution in [3.05, 3.63) is 107 Å². The van der Waals surface area contributed by atoms with Gasteiger partial charge in [0.2, 0.25) is 5.91 Å². The Bertz CT molecular complexity index is 2660. The highest BCUT2D eigenvalue weighted by molar-refractivity contribution is 8.77. The maximum absolute atomic E-state index is 14.2. The molecule has 0 spiro atoms. The highest BCUT2D eigenvalue weighted by Crippen LogP contribution is 2.42. The van der Waals surface area contributed by atoms with Gasteiger partial charge in [-0.15, -0.1) is 0 Å². The van der Waals surface area contributed by atoms with Gasteiger partial charge in [0, 0.05) is 111 Å². The average molecular weight is 1050 g/mol. The van der Waals surface area contributed by atoms with Crippen LogP contribution in [0.25, 0.3) is 0 Å². The SMILES string of the molecule is CNc1cc(OCc2cc(COc3cc4c(cc3OC)C(=O)N3c5ccccc5CC3C=N4)cc(N(CCOCCOCCOC)CC(C)(C)SSCCCC(=O)NCCN3C(=O)C=CC3=O)c2)c(OC)cc1C. The lowest BCUT2D eigenvalue weighted by atomic mass is 10.1. The van der Waals surface area contributed by atoms with Gasteiger partial charge in [0.15, 0.2) is 23.0 Å². The standard InChI is InChI=1S/C55H68N6O11S2/c1-37-25-47(67-6)49(31-44(37)56-4)71-34-38-26-39(35-72-50-32-45-43(30-48(50)68-7)54(65)61-42(33-58-45)29-40-11-8-9-12-46(40)61)28-41(27-38)59(18-19-69-22-23-70-21-20-66-5)36-55(2,3)74-73-24-10-13-51(62)57-16-17-60-52(63)14-15-53(60)64/h8-9,11-12,14-15,25-28,30-33,42,56H,10,13,16-24,29,34-36H2,1-7H3,(H,57,62). The van der Waals surface area contributed by atoms with Gasteiger partial charge in [-0.3, -0.25) is 34.0 Å². The summed E-state index contributed by atoms with van der Waals surface area (Å²) in [5, 5.41) is 6.06. The number of benzene rings is 4. The molecule has 1 unspecified atom stereocenters. The summed E-state index contributed by atoms with van der Waals surface area (Å²) in [4.78, 5) is 60.5. The number of para-hydroxylation sites is 1. The zero-order valence-corrected chi connectivity index (χ0v) is 45.0. The number of hydrogen-bond acceptors (Lipinski definition) is 16. The van der Waals surface area contributed by atoms with Crippen molar-refractivity contribution >= 4 is 74.2 Å². The number of rotatable bonds is 30. The molecule has 3 aliphatic rings. The van der Waals surface area contributed by atoms with Crippen molar-refractivity contribution in [3.63, 3.8) is 0 Å².